The SMILES string of the molecule is CCOC(=O)CN1CCC2(CC1)C[C@@H]2CCOc1cccc(-c2ccc(N3CCc4cccc(C(=O)Nc5nc6ccccc6s5)c4C3)nc2C(=O)OC(C)(C)C)c1C. The number of piperidine rings is 1. The number of aromatic nitrogens is 2. The molecular formula is C47H53N5O6S. The van der Waals surface area contributed by atoms with Crippen LogP contribution in [0.4, 0.5) is 10.9 Å². The lowest BCUT2D eigenvalue weighted by atomic mass is 9.90. The quantitative estimate of drug-likeness (QED) is 0.122. The molecule has 1 atom stereocenters. The van der Waals surface area contributed by atoms with Gasteiger partial charge in [0.25, 0.3) is 5.91 Å². The summed E-state index contributed by atoms with van der Waals surface area (Å²) in [7, 11) is 0. The lowest BCUT2D eigenvalue weighted by Crippen LogP contribution is -2.39. The lowest BCUT2D eigenvalue weighted by molar-refractivity contribution is -0.144. The van der Waals surface area contributed by atoms with Crippen molar-refractivity contribution in [1.82, 2.24) is 14.9 Å². The number of carbonyl (C=O) groups excluding carboxylic acids is 3. The second-order valence-electron chi connectivity index (χ2n) is 17.0. The molecule has 1 amide bonds. The van der Waals surface area contributed by atoms with E-state index < -0.39 is 11.6 Å². The molecule has 1 N–H and O–H groups in total. The van der Waals surface area contributed by atoms with Crippen molar-refractivity contribution in [3.05, 3.63) is 101 Å². The molecule has 1 saturated heterocycles. The average molecular weight is 816 g/mol. The van der Waals surface area contributed by atoms with Crippen LogP contribution in [0, 0.1) is 18.3 Å². The summed E-state index contributed by atoms with van der Waals surface area (Å²) >= 11 is 1.45. The Morgan fingerprint density at radius 3 is 2.51 bits per heavy atom. The van der Waals surface area contributed by atoms with Crippen molar-refractivity contribution in [3.8, 4) is 16.9 Å². The Morgan fingerprint density at radius 2 is 1.73 bits per heavy atom. The van der Waals surface area contributed by atoms with E-state index in [0.29, 0.717) is 66.3 Å². The number of anilines is 2. The van der Waals surface area contributed by atoms with E-state index in [9.17, 15) is 14.4 Å². The number of pyridine rings is 1. The van der Waals surface area contributed by atoms with Gasteiger partial charge in [-0.1, -0.05) is 47.7 Å². The highest BCUT2D eigenvalue weighted by Gasteiger charge is 2.54. The van der Waals surface area contributed by atoms with E-state index in [0.717, 1.165) is 77.0 Å². The number of nitrogens with one attached hydrogen (secondary N) is 1. The number of amides is 1. The Kier molecular flexibility index (Phi) is 11.5. The molecule has 8 rings (SSSR count). The molecule has 0 radical (unpaired) electrons. The summed E-state index contributed by atoms with van der Waals surface area (Å²) in [5.41, 5.74) is 5.83. The van der Waals surface area contributed by atoms with Gasteiger partial charge in [-0.2, -0.15) is 0 Å². The number of rotatable bonds is 12. The average Bonchev–Trinajstić information content (AvgIpc) is 3.71. The van der Waals surface area contributed by atoms with Gasteiger partial charge in [-0.25, -0.2) is 14.8 Å². The molecule has 308 valence electrons. The maximum atomic E-state index is 14.0. The largest absolute Gasteiger partial charge is 0.493 e. The Hall–Kier alpha value is -5.33. The fourth-order valence-electron chi connectivity index (χ4n) is 8.78. The van der Waals surface area contributed by atoms with Crippen LogP contribution in [-0.2, 0) is 27.2 Å². The van der Waals surface area contributed by atoms with Crippen LogP contribution in [0.25, 0.3) is 21.3 Å². The van der Waals surface area contributed by atoms with E-state index in [-0.39, 0.29) is 17.6 Å². The smallest absolute Gasteiger partial charge is 0.358 e. The van der Waals surface area contributed by atoms with Crippen LogP contribution in [0.2, 0.25) is 0 Å². The van der Waals surface area contributed by atoms with Gasteiger partial charge in [-0.05, 0) is 150 Å². The van der Waals surface area contributed by atoms with E-state index in [1.165, 1.54) is 17.8 Å². The van der Waals surface area contributed by atoms with Crippen LogP contribution < -0.4 is 15.0 Å². The zero-order valence-corrected chi connectivity index (χ0v) is 35.5. The molecule has 4 heterocycles. The molecule has 2 aliphatic heterocycles. The second-order valence-corrected chi connectivity index (χ2v) is 18.1. The minimum atomic E-state index is -0.723. The molecule has 12 heteroatoms. The van der Waals surface area contributed by atoms with Gasteiger partial charge in [0.2, 0.25) is 0 Å². The maximum absolute atomic E-state index is 14.0. The van der Waals surface area contributed by atoms with Crippen molar-refractivity contribution in [1.29, 1.82) is 0 Å². The number of para-hydroxylation sites is 1. The van der Waals surface area contributed by atoms with E-state index >= 15 is 0 Å². The number of hydrogen-bond donors (Lipinski definition) is 1. The van der Waals surface area contributed by atoms with Crippen LogP contribution >= 0.6 is 11.3 Å². The van der Waals surface area contributed by atoms with Crippen LogP contribution in [0.1, 0.15) is 90.9 Å². The summed E-state index contributed by atoms with van der Waals surface area (Å²) in [6.45, 7) is 13.8. The normalized spacial score (nSPS) is 17.4. The number of benzene rings is 3. The molecule has 11 nitrogen and oxygen atoms in total. The Balaban J connectivity index is 0.975. The molecule has 1 saturated carbocycles. The van der Waals surface area contributed by atoms with Gasteiger partial charge < -0.3 is 19.1 Å². The van der Waals surface area contributed by atoms with Gasteiger partial charge in [0.05, 0.1) is 30.0 Å². The minimum Gasteiger partial charge on any atom is -0.493 e. The van der Waals surface area contributed by atoms with Gasteiger partial charge in [0, 0.05) is 24.2 Å². The topological polar surface area (TPSA) is 123 Å². The lowest BCUT2D eigenvalue weighted by Gasteiger charge is -2.32. The second kappa shape index (κ2) is 16.7. The molecule has 0 bridgehead atoms. The third-order valence-corrected chi connectivity index (χ3v) is 12.9. The number of fused-ring (bicyclic) bond motifs is 2. The van der Waals surface area contributed by atoms with Gasteiger partial charge in [-0.3, -0.25) is 19.8 Å². The van der Waals surface area contributed by atoms with Gasteiger partial charge in [0.15, 0.2) is 10.8 Å². The first-order valence-corrected chi connectivity index (χ1v) is 21.6. The maximum Gasteiger partial charge on any atom is 0.358 e. The molecule has 5 aromatic rings. The number of esters is 2. The van der Waals surface area contributed by atoms with Crippen molar-refractivity contribution in [2.24, 2.45) is 11.3 Å². The highest BCUT2D eigenvalue weighted by atomic mass is 32.1. The fraction of sp³-hybridized carbons (Fsp3) is 0.426. The molecule has 1 spiro atoms. The predicted molar refractivity (Wildman–Crippen MR) is 231 cm³/mol. The number of nitrogens with zero attached hydrogens (tertiary/aromatic N) is 4. The van der Waals surface area contributed by atoms with Gasteiger partial charge in [0.1, 0.15) is 17.2 Å². The van der Waals surface area contributed by atoms with Gasteiger partial charge in [-0.15, -0.1) is 0 Å². The highest BCUT2D eigenvalue weighted by molar-refractivity contribution is 7.22. The van der Waals surface area contributed by atoms with Crippen LogP contribution in [-0.4, -0.2) is 77.7 Å². The summed E-state index contributed by atoms with van der Waals surface area (Å²) in [5, 5.41) is 3.58. The van der Waals surface area contributed by atoms with Gasteiger partial charge >= 0.3 is 11.9 Å². The van der Waals surface area contributed by atoms with E-state index in [2.05, 4.69) is 26.2 Å². The first-order valence-electron chi connectivity index (χ1n) is 20.8. The molecular weight excluding hydrogens is 763 g/mol. The monoisotopic (exact) mass is 815 g/mol. The summed E-state index contributed by atoms with van der Waals surface area (Å²) in [5.74, 6) is 1.20. The molecule has 3 aromatic carbocycles. The zero-order chi connectivity index (χ0) is 41.3. The first kappa shape index (κ1) is 40.4. The molecule has 59 heavy (non-hydrogen) atoms. The van der Waals surface area contributed by atoms with Crippen LogP contribution in [0.15, 0.2) is 72.8 Å². The van der Waals surface area contributed by atoms with Crippen LogP contribution in [0.5, 0.6) is 5.75 Å². The zero-order valence-electron chi connectivity index (χ0n) is 34.6. The van der Waals surface area contributed by atoms with Crippen LogP contribution in [0.3, 0.4) is 0 Å². The van der Waals surface area contributed by atoms with Crippen molar-refractivity contribution < 1.29 is 28.6 Å². The highest BCUT2D eigenvalue weighted by Crippen LogP contribution is 2.60. The third kappa shape index (κ3) is 8.99. The summed E-state index contributed by atoms with van der Waals surface area (Å²) in [4.78, 5) is 53.6. The predicted octanol–water partition coefficient (Wildman–Crippen LogP) is 8.87. The first-order chi connectivity index (χ1) is 28.4. The van der Waals surface area contributed by atoms with Crippen molar-refractivity contribution in [2.45, 2.75) is 78.9 Å². The fourth-order valence-corrected chi connectivity index (χ4v) is 9.64. The van der Waals surface area contributed by atoms with E-state index in [1.807, 2.05) is 101 Å². The number of ether oxygens (including phenoxy) is 3. The summed E-state index contributed by atoms with van der Waals surface area (Å²) in [6.07, 6.45) is 5.12. The summed E-state index contributed by atoms with van der Waals surface area (Å²) in [6, 6.07) is 23.5. The molecule has 2 fully saturated rings. The Labute approximate surface area is 350 Å². The number of carbonyl (C=O) groups is 3. The molecule has 1 aliphatic carbocycles. The number of likely N-dealkylation sites (tertiary alicyclic amines) is 1. The Morgan fingerprint density at radius 1 is 0.932 bits per heavy atom. The van der Waals surface area contributed by atoms with Crippen molar-refractivity contribution >= 4 is 50.3 Å². The molecule has 2 aromatic heterocycles. The van der Waals surface area contributed by atoms with E-state index in [4.69, 9.17) is 19.2 Å². The minimum absolute atomic E-state index is 0.140. The number of thiazole rings is 1. The Bertz CT molecular complexity index is 2350. The number of hydrogen-bond acceptors (Lipinski definition) is 11. The third-order valence-electron chi connectivity index (χ3n) is 12.0. The molecule has 0 unspecified atom stereocenters. The van der Waals surface area contributed by atoms with Crippen molar-refractivity contribution in [2.75, 3.05) is 49.6 Å². The summed E-state index contributed by atoms with van der Waals surface area (Å²) < 4.78 is 18.5. The standard InChI is InChI=1S/C47H53N5O6S/c1-6-56-41(53)29-51-24-21-47(22-25-51)27-32(47)20-26-57-38-15-10-12-33(30(38)2)34-17-18-40(49-42(34)44(55)58-46(3,4)5)52-23-19-31-11-9-13-35(36(31)28-52)43(54)50-45-48-37-14-7-8-16-39(37)59-45/h7-18,32H,6,19-29H2,1-5H3,(H,48,50,54)/t32-/m0/s1. The molecule has 3 aliphatic rings. The van der Waals surface area contributed by atoms with Crippen molar-refractivity contribution in [3.63, 3.8) is 0 Å². The van der Waals surface area contributed by atoms with E-state index in [1.54, 1.807) is 0 Å².